The molecule has 6 nitrogen and oxygen atoms in total. The number of benzene rings is 2. The first kappa shape index (κ1) is 25.6. The first-order valence-electron chi connectivity index (χ1n) is 10.3. The summed E-state index contributed by atoms with van der Waals surface area (Å²) < 4.78 is 35.3. The zero-order chi connectivity index (χ0) is 22.9. The molecular formula is C23H32NO5PS. The van der Waals surface area contributed by atoms with Gasteiger partial charge in [0.25, 0.3) is 0 Å². The first-order valence-corrected chi connectivity index (χ1v) is 13.3. The SMILES string of the molecule is CC(C)(C)[S+]([O-])N[C@H](CCC(=O)O)[P@@](=O)(CCc1ccccc1)OCc1ccccc1. The first-order chi connectivity index (χ1) is 14.6. The molecule has 2 aromatic carbocycles. The molecular weight excluding hydrogens is 433 g/mol. The van der Waals surface area contributed by atoms with Crippen molar-refractivity contribution in [3.8, 4) is 0 Å². The molecule has 0 saturated heterocycles. The molecule has 0 aromatic heterocycles. The molecule has 0 fully saturated rings. The number of carboxylic acid groups (broad SMARTS) is 1. The van der Waals surface area contributed by atoms with Crippen molar-refractivity contribution >= 4 is 24.7 Å². The highest BCUT2D eigenvalue weighted by Gasteiger charge is 2.40. The van der Waals surface area contributed by atoms with E-state index in [0.717, 1.165) is 11.1 Å². The molecule has 2 rings (SSSR count). The van der Waals surface area contributed by atoms with Crippen molar-refractivity contribution in [3.63, 3.8) is 0 Å². The third-order valence-electron chi connectivity index (χ3n) is 4.75. The lowest BCUT2D eigenvalue weighted by molar-refractivity contribution is -0.137. The van der Waals surface area contributed by atoms with Gasteiger partial charge in [0.15, 0.2) is 0 Å². The lowest BCUT2D eigenvalue weighted by Crippen LogP contribution is -2.45. The fraction of sp³-hybridized carbons (Fsp3) is 0.435. The predicted octanol–water partition coefficient (Wildman–Crippen LogP) is 4.97. The number of hydrogen-bond acceptors (Lipinski definition) is 5. The summed E-state index contributed by atoms with van der Waals surface area (Å²) in [6.45, 7) is 5.57. The van der Waals surface area contributed by atoms with Crippen LogP contribution in [0.2, 0.25) is 0 Å². The van der Waals surface area contributed by atoms with E-state index in [1.807, 2.05) is 81.4 Å². The second-order valence-electron chi connectivity index (χ2n) is 8.39. The maximum absolute atomic E-state index is 14.1. The Bertz CT molecular complexity index is 810. The molecule has 0 amide bonds. The fourth-order valence-corrected chi connectivity index (χ4v) is 6.62. The summed E-state index contributed by atoms with van der Waals surface area (Å²) in [7, 11) is -3.41. The third kappa shape index (κ3) is 8.79. The van der Waals surface area contributed by atoms with Crippen LogP contribution in [0.15, 0.2) is 60.7 Å². The molecule has 1 unspecified atom stereocenters. The standard InChI is InChI=1S/C23H32NO5PS/c1-23(2,3)31(28)24-21(14-15-22(25)26)30(27,17-16-19-10-6-4-7-11-19)29-18-20-12-8-5-9-13-20/h4-13,21,24H,14-18H2,1-3H3,(H,25,26)/t21-,30+,31?/m0/s1. The summed E-state index contributed by atoms with van der Waals surface area (Å²) in [6.07, 6.45) is 0.615. The Balaban J connectivity index is 2.27. The lowest BCUT2D eigenvalue weighted by atomic mass is 10.2. The molecule has 0 saturated carbocycles. The van der Waals surface area contributed by atoms with Gasteiger partial charge in [-0.3, -0.25) is 9.36 Å². The van der Waals surface area contributed by atoms with Gasteiger partial charge >= 0.3 is 5.97 Å². The number of carboxylic acids is 1. The molecule has 0 aliphatic rings. The number of carbonyl (C=O) groups is 1. The van der Waals surface area contributed by atoms with Crippen LogP contribution >= 0.6 is 7.37 Å². The molecule has 2 N–H and O–H groups in total. The fourth-order valence-electron chi connectivity index (χ4n) is 2.89. The van der Waals surface area contributed by atoms with E-state index >= 15 is 0 Å². The average molecular weight is 466 g/mol. The van der Waals surface area contributed by atoms with Crippen LogP contribution < -0.4 is 4.72 Å². The molecule has 0 heterocycles. The van der Waals surface area contributed by atoms with E-state index in [2.05, 4.69) is 4.72 Å². The predicted molar refractivity (Wildman–Crippen MR) is 126 cm³/mol. The van der Waals surface area contributed by atoms with Crippen LogP contribution in [0.25, 0.3) is 0 Å². The Hall–Kier alpha value is -1.63. The van der Waals surface area contributed by atoms with Gasteiger partial charge in [-0.2, -0.15) is 0 Å². The minimum Gasteiger partial charge on any atom is -0.598 e. The van der Waals surface area contributed by atoms with Crippen molar-refractivity contribution < 1.29 is 23.5 Å². The van der Waals surface area contributed by atoms with Gasteiger partial charge in [-0.1, -0.05) is 60.7 Å². The van der Waals surface area contributed by atoms with Crippen molar-refractivity contribution in [1.82, 2.24) is 4.72 Å². The van der Waals surface area contributed by atoms with Gasteiger partial charge in [0.05, 0.1) is 6.61 Å². The number of aliphatic carboxylic acids is 1. The normalized spacial score (nSPS) is 15.7. The molecule has 8 heteroatoms. The largest absolute Gasteiger partial charge is 0.598 e. The minimum atomic E-state index is -3.41. The lowest BCUT2D eigenvalue weighted by Gasteiger charge is -2.32. The summed E-state index contributed by atoms with van der Waals surface area (Å²) in [4.78, 5) is 11.2. The van der Waals surface area contributed by atoms with Crippen LogP contribution in [-0.4, -0.2) is 32.3 Å². The summed E-state index contributed by atoms with van der Waals surface area (Å²) >= 11 is -1.52. The summed E-state index contributed by atoms with van der Waals surface area (Å²) in [5.74, 6) is -1.82. The van der Waals surface area contributed by atoms with E-state index in [9.17, 15) is 19.0 Å². The smallest absolute Gasteiger partial charge is 0.303 e. The maximum atomic E-state index is 14.1. The van der Waals surface area contributed by atoms with Gasteiger partial charge in [0.1, 0.15) is 10.5 Å². The maximum Gasteiger partial charge on any atom is 0.303 e. The van der Waals surface area contributed by atoms with E-state index in [4.69, 9.17) is 4.52 Å². The number of aryl methyl sites for hydroxylation is 1. The van der Waals surface area contributed by atoms with E-state index in [1.54, 1.807) is 0 Å². The van der Waals surface area contributed by atoms with Crippen molar-refractivity contribution in [2.24, 2.45) is 0 Å². The van der Waals surface area contributed by atoms with Gasteiger partial charge in [-0.05, 0) is 44.7 Å². The highest BCUT2D eigenvalue weighted by molar-refractivity contribution is 7.91. The van der Waals surface area contributed by atoms with Crippen molar-refractivity contribution in [2.45, 2.75) is 57.2 Å². The van der Waals surface area contributed by atoms with Gasteiger partial charge in [0, 0.05) is 23.9 Å². The monoisotopic (exact) mass is 465 g/mol. The topological polar surface area (TPSA) is 98.7 Å². The van der Waals surface area contributed by atoms with Crippen LogP contribution in [0.3, 0.4) is 0 Å². The molecule has 0 spiro atoms. The van der Waals surface area contributed by atoms with Crippen molar-refractivity contribution in [3.05, 3.63) is 71.8 Å². The number of nitrogens with one attached hydrogen (secondary N) is 1. The van der Waals surface area contributed by atoms with Crippen LogP contribution in [0.5, 0.6) is 0 Å². The molecule has 2 aromatic rings. The van der Waals surface area contributed by atoms with Crippen LogP contribution in [0.4, 0.5) is 0 Å². The van der Waals surface area contributed by atoms with E-state index < -0.39 is 35.2 Å². The van der Waals surface area contributed by atoms with E-state index in [1.165, 1.54) is 0 Å². The second-order valence-corrected chi connectivity index (χ2v) is 13.2. The Morgan fingerprint density at radius 2 is 1.65 bits per heavy atom. The molecule has 0 aliphatic carbocycles. The minimum absolute atomic E-state index is 0.0675. The molecule has 170 valence electrons. The van der Waals surface area contributed by atoms with Gasteiger partial charge in [-0.15, -0.1) is 4.72 Å². The average Bonchev–Trinajstić information content (AvgIpc) is 2.74. The van der Waals surface area contributed by atoms with E-state index in [-0.39, 0.29) is 25.6 Å². The molecule has 0 bridgehead atoms. The summed E-state index contributed by atoms with van der Waals surface area (Å²) in [5, 5.41) is 9.20. The second kappa shape index (κ2) is 11.8. The summed E-state index contributed by atoms with van der Waals surface area (Å²) in [5.41, 5.74) is 1.89. The van der Waals surface area contributed by atoms with Crippen molar-refractivity contribution in [2.75, 3.05) is 6.16 Å². The Morgan fingerprint density at radius 1 is 1.10 bits per heavy atom. The van der Waals surface area contributed by atoms with Gasteiger partial charge < -0.3 is 14.2 Å². The molecule has 0 radical (unpaired) electrons. The molecule has 31 heavy (non-hydrogen) atoms. The van der Waals surface area contributed by atoms with E-state index in [0.29, 0.717) is 6.42 Å². The Kier molecular flexibility index (Phi) is 9.79. The van der Waals surface area contributed by atoms with Crippen LogP contribution in [-0.2, 0) is 38.3 Å². The highest BCUT2D eigenvalue weighted by Crippen LogP contribution is 2.54. The molecule has 0 aliphatic heterocycles. The summed E-state index contributed by atoms with van der Waals surface area (Å²) in [6, 6.07) is 19.1. The Morgan fingerprint density at radius 3 is 2.16 bits per heavy atom. The quantitative estimate of drug-likeness (QED) is 0.339. The Labute approximate surface area is 188 Å². The number of rotatable bonds is 12. The van der Waals surface area contributed by atoms with Gasteiger partial charge in [0.2, 0.25) is 7.37 Å². The third-order valence-corrected chi connectivity index (χ3v) is 9.29. The van der Waals surface area contributed by atoms with Crippen LogP contribution in [0, 0.1) is 0 Å². The molecule has 3 atom stereocenters. The zero-order valence-electron chi connectivity index (χ0n) is 18.3. The number of hydrogen-bond donors (Lipinski definition) is 2. The van der Waals surface area contributed by atoms with Crippen LogP contribution in [0.1, 0.15) is 44.7 Å². The van der Waals surface area contributed by atoms with Gasteiger partial charge in [-0.25, -0.2) is 0 Å². The van der Waals surface area contributed by atoms with Crippen molar-refractivity contribution in [1.29, 1.82) is 0 Å². The highest BCUT2D eigenvalue weighted by atomic mass is 32.2. The zero-order valence-corrected chi connectivity index (χ0v) is 20.0.